The molecule has 0 spiro atoms. The zero-order valence-corrected chi connectivity index (χ0v) is 12.4. The lowest BCUT2D eigenvalue weighted by Crippen LogP contribution is -2.00. The van der Waals surface area contributed by atoms with E-state index in [1.54, 1.807) is 18.2 Å². The third-order valence-corrected chi connectivity index (χ3v) is 3.30. The number of carbonyl (C=O) groups excluding carboxylic acids is 1. The zero-order chi connectivity index (χ0) is 15.4. The number of benzene rings is 1. The minimum absolute atomic E-state index is 0.277. The van der Waals surface area contributed by atoms with Gasteiger partial charge in [-0.1, -0.05) is 13.8 Å². The van der Waals surface area contributed by atoms with Gasteiger partial charge in [0.15, 0.2) is 0 Å². The Labute approximate surface area is 124 Å². The molecule has 0 unspecified atom stereocenters. The van der Waals surface area contributed by atoms with Crippen LogP contribution in [0, 0.1) is 12.7 Å². The van der Waals surface area contributed by atoms with Gasteiger partial charge in [0.1, 0.15) is 12.1 Å². The first-order valence-corrected chi connectivity index (χ1v) is 6.92. The number of rotatable bonds is 4. The van der Waals surface area contributed by atoms with Crippen LogP contribution in [0.5, 0.6) is 0 Å². The second kappa shape index (κ2) is 6.44. The molecule has 0 aliphatic rings. The number of halogens is 1. The van der Waals surface area contributed by atoms with Crippen molar-refractivity contribution in [2.75, 3.05) is 0 Å². The SMILES string of the molecule is Cc1cc(C(C)C)c(C=CC=O)c(-c2ccc(F)cc2)n1. The van der Waals surface area contributed by atoms with E-state index < -0.39 is 0 Å². The van der Waals surface area contributed by atoms with Gasteiger partial charge in [0.25, 0.3) is 0 Å². The predicted octanol–water partition coefficient (Wildman–Crippen LogP) is 4.53. The van der Waals surface area contributed by atoms with Crippen LogP contribution in [0.1, 0.15) is 36.6 Å². The second-order valence-corrected chi connectivity index (χ2v) is 5.27. The summed E-state index contributed by atoms with van der Waals surface area (Å²) in [5.74, 6) is 0.0256. The normalized spacial score (nSPS) is 11.3. The van der Waals surface area contributed by atoms with Crippen LogP contribution >= 0.6 is 0 Å². The quantitative estimate of drug-likeness (QED) is 0.609. The van der Waals surface area contributed by atoms with Crippen molar-refractivity contribution >= 4 is 12.4 Å². The van der Waals surface area contributed by atoms with Crippen molar-refractivity contribution < 1.29 is 9.18 Å². The molecule has 2 rings (SSSR count). The molecule has 0 aliphatic heterocycles. The summed E-state index contributed by atoms with van der Waals surface area (Å²) in [6.07, 6.45) is 3.98. The van der Waals surface area contributed by atoms with Gasteiger partial charge in [-0.25, -0.2) is 4.39 Å². The highest BCUT2D eigenvalue weighted by molar-refractivity contribution is 5.81. The number of hydrogen-bond acceptors (Lipinski definition) is 2. The standard InChI is InChI=1S/C18H18FNO/c1-12(2)17-11-13(3)20-18(16(17)5-4-10-21)14-6-8-15(19)9-7-14/h4-12H,1-3H3. The van der Waals surface area contributed by atoms with Gasteiger partial charge in [0, 0.05) is 16.8 Å². The molecule has 0 amide bonds. The second-order valence-electron chi connectivity index (χ2n) is 5.27. The van der Waals surface area contributed by atoms with Gasteiger partial charge in [-0.2, -0.15) is 0 Å². The van der Waals surface area contributed by atoms with Crippen LogP contribution in [0.25, 0.3) is 17.3 Å². The summed E-state index contributed by atoms with van der Waals surface area (Å²) in [6.45, 7) is 6.13. The monoisotopic (exact) mass is 283 g/mol. The molecule has 0 bridgehead atoms. The maximum Gasteiger partial charge on any atom is 0.142 e. The van der Waals surface area contributed by atoms with Crippen LogP contribution in [0.4, 0.5) is 4.39 Å². The van der Waals surface area contributed by atoms with Crippen LogP contribution in [0.3, 0.4) is 0 Å². The highest BCUT2D eigenvalue weighted by atomic mass is 19.1. The maximum absolute atomic E-state index is 13.1. The van der Waals surface area contributed by atoms with Crippen molar-refractivity contribution in [1.29, 1.82) is 0 Å². The molecule has 0 saturated carbocycles. The van der Waals surface area contributed by atoms with E-state index in [1.165, 1.54) is 18.2 Å². The van der Waals surface area contributed by atoms with Crippen molar-refractivity contribution in [1.82, 2.24) is 4.98 Å². The molecule has 2 nitrogen and oxygen atoms in total. The van der Waals surface area contributed by atoms with E-state index in [-0.39, 0.29) is 5.82 Å². The molecular formula is C18H18FNO. The van der Waals surface area contributed by atoms with Crippen molar-refractivity contribution in [3.05, 3.63) is 59.0 Å². The fourth-order valence-electron chi connectivity index (χ4n) is 2.32. The number of carbonyl (C=O) groups is 1. The Kier molecular flexibility index (Phi) is 4.63. The minimum Gasteiger partial charge on any atom is -0.299 e. The Morgan fingerprint density at radius 2 is 1.86 bits per heavy atom. The van der Waals surface area contributed by atoms with E-state index in [9.17, 15) is 9.18 Å². The lowest BCUT2D eigenvalue weighted by molar-refractivity contribution is -0.104. The van der Waals surface area contributed by atoms with Gasteiger partial charge in [-0.3, -0.25) is 9.78 Å². The van der Waals surface area contributed by atoms with Crippen molar-refractivity contribution in [2.45, 2.75) is 26.7 Å². The molecule has 0 radical (unpaired) electrons. The summed E-state index contributed by atoms with van der Waals surface area (Å²) in [7, 11) is 0. The number of nitrogens with zero attached hydrogens (tertiary/aromatic N) is 1. The number of aryl methyl sites for hydroxylation is 1. The molecule has 0 N–H and O–H groups in total. The smallest absolute Gasteiger partial charge is 0.142 e. The van der Waals surface area contributed by atoms with Crippen molar-refractivity contribution in [3.63, 3.8) is 0 Å². The Hall–Kier alpha value is -2.29. The topological polar surface area (TPSA) is 30.0 Å². The van der Waals surface area contributed by atoms with Gasteiger partial charge in [0.05, 0.1) is 5.69 Å². The first-order valence-electron chi connectivity index (χ1n) is 6.92. The van der Waals surface area contributed by atoms with E-state index >= 15 is 0 Å². The van der Waals surface area contributed by atoms with Gasteiger partial charge in [0.2, 0.25) is 0 Å². The van der Waals surface area contributed by atoms with Crippen molar-refractivity contribution in [3.8, 4) is 11.3 Å². The first kappa shape index (κ1) is 15.1. The Morgan fingerprint density at radius 3 is 2.43 bits per heavy atom. The summed E-state index contributed by atoms with van der Waals surface area (Å²) in [6, 6.07) is 8.28. The highest BCUT2D eigenvalue weighted by Crippen LogP contribution is 2.30. The molecule has 21 heavy (non-hydrogen) atoms. The average Bonchev–Trinajstić information content (AvgIpc) is 2.46. The molecule has 2 aromatic rings. The molecule has 1 aromatic carbocycles. The largest absolute Gasteiger partial charge is 0.299 e. The molecule has 0 saturated heterocycles. The summed E-state index contributed by atoms with van der Waals surface area (Å²) in [4.78, 5) is 15.2. The molecule has 3 heteroatoms. The van der Waals surface area contributed by atoms with Gasteiger partial charge in [-0.15, -0.1) is 0 Å². The molecular weight excluding hydrogens is 265 g/mol. The minimum atomic E-state index is -0.277. The van der Waals surface area contributed by atoms with Gasteiger partial charge < -0.3 is 0 Å². The molecule has 0 fully saturated rings. The number of pyridine rings is 1. The number of hydrogen-bond donors (Lipinski definition) is 0. The molecule has 1 aromatic heterocycles. The fourth-order valence-corrected chi connectivity index (χ4v) is 2.32. The molecule has 0 aliphatic carbocycles. The number of allylic oxidation sites excluding steroid dienone is 1. The maximum atomic E-state index is 13.1. The van der Waals surface area contributed by atoms with E-state index in [2.05, 4.69) is 18.8 Å². The van der Waals surface area contributed by atoms with Gasteiger partial charge >= 0.3 is 0 Å². The Bertz CT molecular complexity index is 672. The third kappa shape index (κ3) is 3.43. The van der Waals surface area contributed by atoms with Crippen LogP contribution in [-0.4, -0.2) is 11.3 Å². The summed E-state index contributed by atoms with van der Waals surface area (Å²) in [5.41, 5.74) is 4.56. The number of aromatic nitrogens is 1. The molecule has 108 valence electrons. The van der Waals surface area contributed by atoms with E-state index in [0.29, 0.717) is 5.92 Å². The lowest BCUT2D eigenvalue weighted by Gasteiger charge is -2.15. The number of aldehydes is 1. The Balaban J connectivity index is 2.70. The first-order chi connectivity index (χ1) is 10.0. The van der Waals surface area contributed by atoms with E-state index in [1.807, 2.05) is 13.0 Å². The summed E-state index contributed by atoms with van der Waals surface area (Å²) >= 11 is 0. The predicted molar refractivity (Wildman–Crippen MR) is 83.6 cm³/mol. The third-order valence-electron chi connectivity index (χ3n) is 3.30. The molecule has 0 atom stereocenters. The fraction of sp³-hybridized carbons (Fsp3) is 0.222. The van der Waals surface area contributed by atoms with Crippen LogP contribution in [0.15, 0.2) is 36.4 Å². The lowest BCUT2D eigenvalue weighted by atomic mass is 9.93. The van der Waals surface area contributed by atoms with Crippen LogP contribution in [0.2, 0.25) is 0 Å². The zero-order valence-electron chi connectivity index (χ0n) is 12.4. The highest BCUT2D eigenvalue weighted by Gasteiger charge is 2.13. The van der Waals surface area contributed by atoms with Gasteiger partial charge in [-0.05, 0) is 60.9 Å². The van der Waals surface area contributed by atoms with Crippen LogP contribution in [-0.2, 0) is 4.79 Å². The summed E-state index contributed by atoms with van der Waals surface area (Å²) < 4.78 is 13.1. The Morgan fingerprint density at radius 1 is 1.19 bits per heavy atom. The van der Waals surface area contributed by atoms with Crippen molar-refractivity contribution in [2.24, 2.45) is 0 Å². The van der Waals surface area contributed by atoms with E-state index in [0.717, 1.165) is 34.4 Å². The van der Waals surface area contributed by atoms with E-state index in [4.69, 9.17) is 0 Å². The molecule has 1 heterocycles. The summed E-state index contributed by atoms with van der Waals surface area (Å²) in [5, 5.41) is 0. The van der Waals surface area contributed by atoms with Crippen LogP contribution < -0.4 is 0 Å². The average molecular weight is 283 g/mol.